The van der Waals surface area contributed by atoms with Crippen LogP contribution in [0.3, 0.4) is 0 Å². The Morgan fingerprint density at radius 3 is 2.76 bits per heavy atom. The number of benzene rings is 1. The quantitative estimate of drug-likeness (QED) is 0.799. The SMILES string of the molecule is Cc1ccc(-n2[nH]c(C3CC3)cc2=S)cc1Cl. The van der Waals surface area contributed by atoms with E-state index in [1.165, 1.54) is 18.5 Å². The van der Waals surface area contributed by atoms with Gasteiger partial charge in [0.25, 0.3) is 0 Å². The predicted molar refractivity (Wildman–Crippen MR) is 72.7 cm³/mol. The predicted octanol–water partition coefficient (Wildman–Crippen LogP) is 4.37. The van der Waals surface area contributed by atoms with Crippen LogP contribution in [0.4, 0.5) is 0 Å². The molecule has 1 fully saturated rings. The van der Waals surface area contributed by atoms with Gasteiger partial charge >= 0.3 is 0 Å². The molecule has 1 aliphatic rings. The minimum absolute atomic E-state index is 0.680. The third-order valence-electron chi connectivity index (χ3n) is 3.17. The minimum Gasteiger partial charge on any atom is -0.297 e. The molecule has 0 atom stereocenters. The topological polar surface area (TPSA) is 20.7 Å². The van der Waals surface area contributed by atoms with Gasteiger partial charge in [-0.1, -0.05) is 29.9 Å². The van der Waals surface area contributed by atoms with Gasteiger partial charge in [0.2, 0.25) is 0 Å². The summed E-state index contributed by atoms with van der Waals surface area (Å²) in [6.07, 6.45) is 2.54. The largest absolute Gasteiger partial charge is 0.297 e. The number of hydrogen-bond acceptors (Lipinski definition) is 1. The zero-order chi connectivity index (χ0) is 12.0. The second kappa shape index (κ2) is 4.00. The van der Waals surface area contributed by atoms with Crippen molar-refractivity contribution in [3.05, 3.63) is 45.2 Å². The second-order valence-corrected chi connectivity index (χ2v) is 5.42. The lowest BCUT2D eigenvalue weighted by Crippen LogP contribution is -1.97. The van der Waals surface area contributed by atoms with E-state index < -0.39 is 0 Å². The number of rotatable bonds is 2. The maximum Gasteiger partial charge on any atom is 0.127 e. The summed E-state index contributed by atoms with van der Waals surface area (Å²) >= 11 is 11.5. The van der Waals surface area contributed by atoms with E-state index >= 15 is 0 Å². The van der Waals surface area contributed by atoms with E-state index in [9.17, 15) is 0 Å². The van der Waals surface area contributed by atoms with Crippen LogP contribution < -0.4 is 0 Å². The highest BCUT2D eigenvalue weighted by molar-refractivity contribution is 7.71. The molecular weight excluding hydrogens is 252 g/mol. The van der Waals surface area contributed by atoms with Crippen LogP contribution in [0.15, 0.2) is 24.3 Å². The van der Waals surface area contributed by atoms with Gasteiger partial charge in [0.05, 0.1) is 5.69 Å². The van der Waals surface area contributed by atoms with Gasteiger partial charge in [0.15, 0.2) is 0 Å². The van der Waals surface area contributed by atoms with Gasteiger partial charge in [0, 0.05) is 16.6 Å². The van der Waals surface area contributed by atoms with Crippen LogP contribution in [-0.2, 0) is 0 Å². The molecule has 1 N–H and O–H groups in total. The summed E-state index contributed by atoms with van der Waals surface area (Å²) < 4.78 is 2.74. The monoisotopic (exact) mass is 264 g/mol. The molecule has 0 aliphatic heterocycles. The van der Waals surface area contributed by atoms with Crippen molar-refractivity contribution in [2.45, 2.75) is 25.7 Å². The minimum atomic E-state index is 0.680. The average Bonchev–Trinajstić information content (AvgIpc) is 3.07. The molecule has 1 aromatic heterocycles. The Balaban J connectivity index is 2.07. The first-order valence-corrected chi connectivity index (χ1v) is 6.52. The molecule has 0 saturated heterocycles. The third kappa shape index (κ3) is 2.05. The van der Waals surface area contributed by atoms with Crippen LogP contribution in [0.5, 0.6) is 0 Å². The fraction of sp³-hybridized carbons (Fsp3) is 0.308. The number of aromatic nitrogens is 2. The van der Waals surface area contributed by atoms with Crippen LogP contribution in [0.2, 0.25) is 5.02 Å². The van der Waals surface area contributed by atoms with E-state index in [2.05, 4.69) is 11.2 Å². The van der Waals surface area contributed by atoms with E-state index in [4.69, 9.17) is 23.8 Å². The van der Waals surface area contributed by atoms with Gasteiger partial charge < -0.3 is 0 Å². The van der Waals surface area contributed by atoms with Crippen LogP contribution in [-0.4, -0.2) is 9.78 Å². The van der Waals surface area contributed by atoms with Crippen molar-refractivity contribution in [2.75, 3.05) is 0 Å². The van der Waals surface area contributed by atoms with E-state index in [1.54, 1.807) is 0 Å². The Kier molecular flexibility index (Phi) is 2.60. The molecule has 0 amide bonds. The molecule has 1 aromatic carbocycles. The first-order chi connectivity index (χ1) is 8.15. The summed E-state index contributed by atoms with van der Waals surface area (Å²) in [7, 11) is 0. The lowest BCUT2D eigenvalue weighted by molar-refractivity contribution is 0.829. The molecule has 17 heavy (non-hydrogen) atoms. The maximum atomic E-state index is 6.14. The number of aryl methyl sites for hydroxylation is 1. The van der Waals surface area contributed by atoms with E-state index in [1.807, 2.05) is 29.8 Å². The highest BCUT2D eigenvalue weighted by atomic mass is 35.5. The summed E-state index contributed by atoms with van der Waals surface area (Å²) in [6.45, 7) is 2.00. The molecule has 1 aliphatic carbocycles. The summed E-state index contributed by atoms with van der Waals surface area (Å²) in [6, 6.07) is 8.04. The second-order valence-electron chi connectivity index (χ2n) is 4.59. The van der Waals surface area contributed by atoms with Gasteiger partial charge in [-0.15, -0.1) is 0 Å². The first-order valence-electron chi connectivity index (χ1n) is 5.73. The van der Waals surface area contributed by atoms with Crippen molar-refractivity contribution >= 4 is 23.8 Å². The van der Waals surface area contributed by atoms with E-state index in [-0.39, 0.29) is 0 Å². The Bertz CT molecular complexity index is 623. The van der Waals surface area contributed by atoms with Gasteiger partial charge in [-0.3, -0.25) is 5.10 Å². The molecule has 0 bridgehead atoms. The lowest BCUT2D eigenvalue weighted by Gasteiger charge is -2.05. The summed E-state index contributed by atoms with van der Waals surface area (Å²) in [5.74, 6) is 0.680. The molecule has 4 heteroatoms. The van der Waals surface area contributed by atoms with Crippen molar-refractivity contribution in [2.24, 2.45) is 0 Å². The molecule has 1 heterocycles. The fourth-order valence-electron chi connectivity index (χ4n) is 1.93. The number of halogens is 1. The van der Waals surface area contributed by atoms with Crippen LogP contribution >= 0.6 is 23.8 Å². The number of nitrogens with zero attached hydrogens (tertiary/aromatic N) is 1. The van der Waals surface area contributed by atoms with E-state index in [0.717, 1.165) is 20.9 Å². The van der Waals surface area contributed by atoms with Gasteiger partial charge in [-0.2, -0.15) is 0 Å². The standard InChI is InChI=1S/C13H13ClN2S/c1-8-2-5-10(6-11(8)14)16-13(17)7-12(15-16)9-3-4-9/h2,5-7,9,15H,3-4H2,1H3. The number of hydrogen-bond donors (Lipinski definition) is 1. The molecule has 2 nitrogen and oxygen atoms in total. The maximum absolute atomic E-state index is 6.14. The molecule has 0 unspecified atom stereocenters. The zero-order valence-corrected chi connectivity index (χ0v) is 11.1. The number of H-pyrrole nitrogens is 1. The third-order valence-corrected chi connectivity index (χ3v) is 3.88. The van der Waals surface area contributed by atoms with Gasteiger partial charge in [0.1, 0.15) is 4.64 Å². The number of nitrogens with one attached hydrogen (secondary N) is 1. The Morgan fingerprint density at radius 2 is 2.12 bits per heavy atom. The van der Waals surface area contributed by atoms with E-state index in [0.29, 0.717) is 5.92 Å². The Hall–Kier alpha value is -1.06. The molecule has 0 radical (unpaired) electrons. The van der Waals surface area contributed by atoms with Crippen molar-refractivity contribution in [3.8, 4) is 5.69 Å². The Morgan fingerprint density at radius 1 is 1.35 bits per heavy atom. The molecule has 88 valence electrons. The summed E-state index contributed by atoms with van der Waals surface area (Å²) in [4.78, 5) is 0. The molecule has 0 spiro atoms. The molecule has 2 aromatic rings. The van der Waals surface area contributed by atoms with Gasteiger partial charge in [-0.05, 0) is 43.5 Å². The zero-order valence-electron chi connectivity index (χ0n) is 9.53. The van der Waals surface area contributed by atoms with Crippen molar-refractivity contribution in [3.63, 3.8) is 0 Å². The smallest absolute Gasteiger partial charge is 0.127 e. The summed E-state index contributed by atoms with van der Waals surface area (Å²) in [5.41, 5.74) is 3.32. The lowest BCUT2D eigenvalue weighted by atomic mass is 10.2. The highest BCUT2D eigenvalue weighted by Crippen LogP contribution is 2.39. The Labute approximate surface area is 110 Å². The van der Waals surface area contributed by atoms with Crippen LogP contribution in [0.1, 0.15) is 30.0 Å². The highest BCUT2D eigenvalue weighted by Gasteiger charge is 2.25. The van der Waals surface area contributed by atoms with Crippen LogP contribution in [0.25, 0.3) is 5.69 Å². The van der Waals surface area contributed by atoms with Crippen molar-refractivity contribution < 1.29 is 0 Å². The van der Waals surface area contributed by atoms with Crippen molar-refractivity contribution in [1.82, 2.24) is 9.78 Å². The van der Waals surface area contributed by atoms with Crippen molar-refractivity contribution in [1.29, 1.82) is 0 Å². The first kappa shape index (κ1) is 11.1. The molecule has 1 saturated carbocycles. The molecule has 3 rings (SSSR count). The fourth-order valence-corrected chi connectivity index (χ4v) is 2.38. The summed E-state index contributed by atoms with van der Waals surface area (Å²) in [5, 5.41) is 4.13. The number of aromatic amines is 1. The normalized spacial score (nSPS) is 15.2. The average molecular weight is 265 g/mol. The van der Waals surface area contributed by atoms with Gasteiger partial charge in [-0.25, -0.2) is 4.68 Å². The molecular formula is C13H13ClN2S. The van der Waals surface area contributed by atoms with Crippen LogP contribution in [0, 0.1) is 11.6 Å².